The van der Waals surface area contributed by atoms with Gasteiger partial charge in [-0.1, -0.05) is 19.9 Å². The molecule has 3 aromatic rings. The van der Waals surface area contributed by atoms with Crippen molar-refractivity contribution in [2.45, 2.75) is 32.3 Å². The van der Waals surface area contributed by atoms with Gasteiger partial charge >= 0.3 is 0 Å². The summed E-state index contributed by atoms with van der Waals surface area (Å²) in [7, 11) is 1.60. The van der Waals surface area contributed by atoms with Gasteiger partial charge in [-0.3, -0.25) is 14.7 Å². The molecule has 0 aliphatic carbocycles. The number of carbonyl (C=O) groups excluding carboxylic acids is 2. The fraction of sp³-hybridized carbons (Fsp3) is 0.450. The van der Waals surface area contributed by atoms with Crippen molar-refractivity contribution >= 4 is 33.4 Å². The minimum atomic E-state index is -0.395. The number of aromatic nitrogens is 4. The first kappa shape index (κ1) is 20.4. The lowest BCUT2D eigenvalue weighted by atomic mass is 10.0. The number of pyridine rings is 1. The van der Waals surface area contributed by atoms with Crippen LogP contribution in [0.25, 0.3) is 10.2 Å². The Kier molecular flexibility index (Phi) is 5.78. The molecule has 4 heterocycles. The second kappa shape index (κ2) is 8.49. The van der Waals surface area contributed by atoms with Crippen molar-refractivity contribution in [3.05, 3.63) is 40.4 Å². The van der Waals surface area contributed by atoms with Crippen LogP contribution in [0, 0.1) is 0 Å². The topological polar surface area (TPSA) is 113 Å². The third-order valence-electron chi connectivity index (χ3n) is 5.06. The molecule has 1 aliphatic rings. The summed E-state index contributed by atoms with van der Waals surface area (Å²) >= 11 is 1.34. The van der Waals surface area contributed by atoms with E-state index in [4.69, 9.17) is 4.74 Å². The predicted octanol–water partition coefficient (Wildman–Crippen LogP) is 2.04. The first-order chi connectivity index (χ1) is 14.5. The Morgan fingerprint density at radius 2 is 2.27 bits per heavy atom. The molecule has 0 spiro atoms. The van der Waals surface area contributed by atoms with E-state index in [-0.39, 0.29) is 24.2 Å². The zero-order chi connectivity index (χ0) is 21.3. The van der Waals surface area contributed by atoms with Gasteiger partial charge < -0.3 is 15.0 Å². The maximum Gasteiger partial charge on any atom is 0.261 e. The highest BCUT2D eigenvalue weighted by Gasteiger charge is 2.31. The van der Waals surface area contributed by atoms with Crippen LogP contribution >= 0.6 is 11.3 Å². The number of thiophene rings is 1. The van der Waals surface area contributed by atoms with Gasteiger partial charge in [-0.15, -0.1) is 11.3 Å². The molecule has 0 saturated carbocycles. The highest BCUT2D eigenvalue weighted by molar-refractivity contribution is 7.20. The molecule has 158 valence electrons. The maximum atomic E-state index is 12.9. The van der Waals surface area contributed by atoms with Crippen LogP contribution in [-0.2, 0) is 16.0 Å². The summed E-state index contributed by atoms with van der Waals surface area (Å²) in [5.41, 5.74) is 0.793. The van der Waals surface area contributed by atoms with Crippen LogP contribution in [0.1, 0.15) is 52.8 Å². The minimum absolute atomic E-state index is 0.0473. The summed E-state index contributed by atoms with van der Waals surface area (Å²) in [4.78, 5) is 37.3. The van der Waals surface area contributed by atoms with E-state index in [2.05, 4.69) is 25.5 Å². The van der Waals surface area contributed by atoms with Gasteiger partial charge in [0, 0.05) is 36.7 Å². The molecule has 0 unspecified atom stereocenters. The Morgan fingerprint density at radius 1 is 1.43 bits per heavy atom. The molecule has 0 aromatic carbocycles. The van der Waals surface area contributed by atoms with Crippen LogP contribution < -0.4 is 5.32 Å². The summed E-state index contributed by atoms with van der Waals surface area (Å²) in [6, 6.07) is 3.78. The predicted molar refractivity (Wildman–Crippen MR) is 112 cm³/mol. The lowest BCUT2D eigenvalue weighted by molar-refractivity contribution is -0.138. The van der Waals surface area contributed by atoms with Gasteiger partial charge in [0.15, 0.2) is 5.82 Å². The number of hydrogen-bond acceptors (Lipinski definition) is 7. The number of fused-ring (bicyclic) bond motifs is 1. The smallest absolute Gasteiger partial charge is 0.261 e. The van der Waals surface area contributed by atoms with E-state index in [1.54, 1.807) is 18.1 Å². The molecule has 1 aliphatic heterocycles. The summed E-state index contributed by atoms with van der Waals surface area (Å²) in [6.45, 7) is 5.27. The zero-order valence-electron chi connectivity index (χ0n) is 17.1. The summed E-state index contributed by atoms with van der Waals surface area (Å²) in [5.74, 6) is 1.23. The van der Waals surface area contributed by atoms with Gasteiger partial charge in [0.2, 0.25) is 5.91 Å². The van der Waals surface area contributed by atoms with E-state index < -0.39 is 6.10 Å². The average Bonchev–Trinajstić information content (AvgIpc) is 3.38. The third-order valence-corrected chi connectivity index (χ3v) is 6.19. The monoisotopic (exact) mass is 428 g/mol. The zero-order valence-corrected chi connectivity index (χ0v) is 18.0. The van der Waals surface area contributed by atoms with E-state index >= 15 is 0 Å². The number of carbonyl (C=O) groups is 2. The van der Waals surface area contributed by atoms with Crippen molar-refractivity contribution in [3.8, 4) is 0 Å². The van der Waals surface area contributed by atoms with Crippen molar-refractivity contribution < 1.29 is 14.3 Å². The SMILES string of the molecule is CNC(=O)c1sc2ncccc2c1[C@H]1CN(C(=O)Cc2nc(C(C)C)n[nH]2)CCO1. The Labute approximate surface area is 177 Å². The Morgan fingerprint density at radius 3 is 3.00 bits per heavy atom. The molecule has 0 bridgehead atoms. The van der Waals surface area contributed by atoms with Crippen molar-refractivity contribution in [3.63, 3.8) is 0 Å². The van der Waals surface area contributed by atoms with Crippen molar-refractivity contribution in [1.29, 1.82) is 0 Å². The highest BCUT2D eigenvalue weighted by Crippen LogP contribution is 2.37. The van der Waals surface area contributed by atoms with E-state index in [9.17, 15) is 9.59 Å². The van der Waals surface area contributed by atoms with Gasteiger partial charge in [-0.25, -0.2) is 9.97 Å². The number of aromatic amines is 1. The number of amides is 2. The number of nitrogens with zero attached hydrogens (tertiary/aromatic N) is 4. The number of hydrogen-bond donors (Lipinski definition) is 2. The van der Waals surface area contributed by atoms with Gasteiger partial charge in [0.05, 0.1) is 19.6 Å². The molecule has 4 rings (SSSR count). The lowest BCUT2D eigenvalue weighted by Gasteiger charge is -2.33. The molecule has 2 N–H and O–H groups in total. The molecule has 30 heavy (non-hydrogen) atoms. The third kappa shape index (κ3) is 3.92. The number of morpholine rings is 1. The van der Waals surface area contributed by atoms with Crippen molar-refractivity contribution in [2.24, 2.45) is 0 Å². The van der Waals surface area contributed by atoms with E-state index in [1.165, 1.54) is 11.3 Å². The van der Waals surface area contributed by atoms with Crippen molar-refractivity contribution in [2.75, 3.05) is 26.7 Å². The first-order valence-electron chi connectivity index (χ1n) is 9.88. The maximum absolute atomic E-state index is 12.9. The van der Waals surface area contributed by atoms with Gasteiger partial charge in [0.1, 0.15) is 21.6 Å². The van der Waals surface area contributed by atoms with Gasteiger partial charge in [0.25, 0.3) is 5.91 Å². The normalized spacial score (nSPS) is 16.9. The van der Waals surface area contributed by atoms with Gasteiger partial charge in [-0.2, -0.15) is 5.10 Å². The summed E-state index contributed by atoms with van der Waals surface area (Å²) < 4.78 is 6.00. The Balaban J connectivity index is 1.56. The van der Waals surface area contributed by atoms with Crippen LogP contribution in [0.3, 0.4) is 0 Å². The summed E-state index contributed by atoms with van der Waals surface area (Å²) in [6.07, 6.45) is 1.46. The van der Waals surface area contributed by atoms with Crippen LogP contribution in [0.5, 0.6) is 0 Å². The second-order valence-electron chi connectivity index (χ2n) is 7.45. The molecular weight excluding hydrogens is 404 g/mol. The van der Waals surface area contributed by atoms with Crippen LogP contribution in [0.2, 0.25) is 0 Å². The second-order valence-corrected chi connectivity index (χ2v) is 8.45. The molecule has 1 fully saturated rings. The molecule has 3 aromatic heterocycles. The Hall–Kier alpha value is -2.85. The van der Waals surface area contributed by atoms with E-state index in [0.717, 1.165) is 15.8 Å². The fourth-order valence-corrected chi connectivity index (χ4v) is 4.65. The number of nitrogens with one attached hydrogen (secondary N) is 2. The van der Waals surface area contributed by atoms with E-state index in [0.29, 0.717) is 36.2 Å². The summed E-state index contributed by atoms with van der Waals surface area (Å²) in [5, 5.41) is 10.6. The van der Waals surface area contributed by atoms with Gasteiger partial charge in [-0.05, 0) is 6.07 Å². The van der Waals surface area contributed by atoms with Crippen molar-refractivity contribution in [1.82, 2.24) is 30.4 Å². The number of rotatable bonds is 5. The quantitative estimate of drug-likeness (QED) is 0.643. The largest absolute Gasteiger partial charge is 0.370 e. The molecular formula is C20H24N6O3S. The van der Waals surface area contributed by atoms with Crippen LogP contribution in [0.4, 0.5) is 0 Å². The molecule has 9 nitrogen and oxygen atoms in total. The lowest BCUT2D eigenvalue weighted by Crippen LogP contribution is -2.43. The minimum Gasteiger partial charge on any atom is -0.370 e. The molecule has 0 radical (unpaired) electrons. The number of H-pyrrole nitrogens is 1. The molecule has 1 saturated heterocycles. The highest BCUT2D eigenvalue weighted by atomic mass is 32.1. The van der Waals surface area contributed by atoms with E-state index in [1.807, 2.05) is 26.0 Å². The molecule has 2 amide bonds. The van der Waals surface area contributed by atoms with Crippen LogP contribution in [-0.4, -0.2) is 63.6 Å². The first-order valence-corrected chi connectivity index (χ1v) is 10.7. The molecule has 10 heteroatoms. The standard InChI is InChI=1S/C20H24N6O3S/c1-11(2)18-23-14(24-25-18)9-15(27)26-7-8-29-13(10-26)16-12-5-4-6-22-20(12)30-17(16)19(28)21-3/h4-6,11,13H,7-10H2,1-3H3,(H,21,28)(H,23,24,25)/t13-/m1/s1. The number of ether oxygens (including phenoxy) is 1. The van der Waals surface area contributed by atoms with Crippen LogP contribution in [0.15, 0.2) is 18.3 Å². The molecule has 1 atom stereocenters. The fourth-order valence-electron chi connectivity index (χ4n) is 3.51. The Bertz CT molecular complexity index is 1080. The average molecular weight is 429 g/mol.